The number of hydrogen-bond acceptors (Lipinski definition) is 5. The van der Waals surface area contributed by atoms with Crippen molar-refractivity contribution < 1.29 is 23.7 Å². The molecule has 0 aromatic rings. The molecule has 136 valence electrons. The Bertz CT molecular complexity index is 520. The maximum atomic E-state index is 11.8. The lowest BCUT2D eigenvalue weighted by molar-refractivity contribution is -0.171. The van der Waals surface area contributed by atoms with Crippen LogP contribution in [0.3, 0.4) is 0 Å². The Morgan fingerprint density at radius 1 is 1.38 bits per heavy atom. The first-order chi connectivity index (χ1) is 11.4. The van der Waals surface area contributed by atoms with Gasteiger partial charge in [-0.1, -0.05) is 18.6 Å². The second-order valence-corrected chi connectivity index (χ2v) is 7.76. The highest BCUT2D eigenvalue weighted by Gasteiger charge is 2.72. The maximum Gasteiger partial charge on any atom is 0.305 e. The Balaban J connectivity index is 1.78. The number of ether oxygens (including phenoxy) is 4. The van der Waals surface area contributed by atoms with Gasteiger partial charge in [0.05, 0.1) is 18.6 Å². The van der Waals surface area contributed by atoms with Gasteiger partial charge < -0.3 is 18.9 Å². The fraction of sp³-hybridized carbons (Fsp3) is 0.842. The molecule has 0 amide bonds. The molecular weight excluding hydrogens is 308 g/mol. The average Bonchev–Trinajstić information content (AvgIpc) is 3.45. The molecule has 0 unspecified atom stereocenters. The molecule has 3 aliphatic rings. The Morgan fingerprint density at radius 2 is 2.08 bits per heavy atom. The minimum atomic E-state index is -0.277. The number of carbonyl (C=O) groups is 1. The van der Waals surface area contributed by atoms with Gasteiger partial charge in [0.2, 0.25) is 0 Å². The third-order valence-electron chi connectivity index (χ3n) is 5.81. The Labute approximate surface area is 144 Å². The molecule has 5 nitrogen and oxygen atoms in total. The lowest BCUT2D eigenvalue weighted by atomic mass is 9.68. The lowest BCUT2D eigenvalue weighted by Gasteiger charge is -2.42. The summed E-state index contributed by atoms with van der Waals surface area (Å²) in [7, 11) is 1.70. The number of allylic oxidation sites excluding steroid dienone is 1. The first kappa shape index (κ1) is 17.9. The normalized spacial score (nSPS) is 43.4. The van der Waals surface area contributed by atoms with Gasteiger partial charge in [-0.2, -0.15) is 0 Å². The first-order valence-electron chi connectivity index (χ1n) is 9.03. The maximum absolute atomic E-state index is 11.8. The van der Waals surface area contributed by atoms with Gasteiger partial charge in [-0.25, -0.2) is 0 Å². The van der Waals surface area contributed by atoms with Crippen molar-refractivity contribution in [2.24, 2.45) is 5.92 Å². The van der Waals surface area contributed by atoms with Crippen LogP contribution in [0, 0.1) is 5.92 Å². The van der Waals surface area contributed by atoms with E-state index in [9.17, 15) is 4.79 Å². The van der Waals surface area contributed by atoms with Crippen molar-refractivity contribution in [1.82, 2.24) is 0 Å². The van der Waals surface area contributed by atoms with Crippen LogP contribution in [0.5, 0.6) is 0 Å². The number of rotatable bonds is 6. The molecule has 1 saturated carbocycles. The highest BCUT2D eigenvalue weighted by Crippen LogP contribution is 2.59. The largest absolute Gasteiger partial charge is 0.460 e. The summed E-state index contributed by atoms with van der Waals surface area (Å²) < 4.78 is 23.5. The smallest absolute Gasteiger partial charge is 0.305 e. The third kappa shape index (κ3) is 3.14. The SMILES string of the molecule is CCC(=O)O[C@@H]1CC[C@]2(CO2)[C@@H]([C@@]2(C)O[C@@H]2CC=C(C)C)[C@@H]1OC. The lowest BCUT2D eigenvalue weighted by Crippen LogP contribution is -2.55. The quantitative estimate of drug-likeness (QED) is 0.423. The molecule has 2 saturated heterocycles. The van der Waals surface area contributed by atoms with Gasteiger partial charge in [0.15, 0.2) is 0 Å². The van der Waals surface area contributed by atoms with Crippen molar-refractivity contribution in [3.63, 3.8) is 0 Å². The summed E-state index contributed by atoms with van der Waals surface area (Å²) in [4.78, 5) is 11.8. The van der Waals surface area contributed by atoms with Crippen LogP contribution >= 0.6 is 0 Å². The van der Waals surface area contributed by atoms with E-state index in [1.165, 1.54) is 5.57 Å². The Hall–Kier alpha value is -0.910. The molecule has 0 aromatic heterocycles. The molecule has 2 aliphatic heterocycles. The molecule has 5 heteroatoms. The van der Waals surface area contributed by atoms with Crippen LogP contribution in [-0.4, -0.2) is 49.2 Å². The fourth-order valence-corrected chi connectivity index (χ4v) is 4.32. The average molecular weight is 338 g/mol. The molecule has 0 aromatic carbocycles. The summed E-state index contributed by atoms with van der Waals surface area (Å²) in [5.41, 5.74) is 0.858. The van der Waals surface area contributed by atoms with Crippen molar-refractivity contribution >= 4 is 5.97 Å². The van der Waals surface area contributed by atoms with E-state index >= 15 is 0 Å². The summed E-state index contributed by atoms with van der Waals surface area (Å²) in [6.45, 7) is 8.92. The van der Waals surface area contributed by atoms with Crippen LogP contribution in [0.2, 0.25) is 0 Å². The monoisotopic (exact) mass is 338 g/mol. The summed E-state index contributed by atoms with van der Waals surface area (Å²) >= 11 is 0. The van der Waals surface area contributed by atoms with Gasteiger partial charge in [0, 0.05) is 13.5 Å². The highest BCUT2D eigenvalue weighted by molar-refractivity contribution is 5.69. The molecule has 2 heterocycles. The van der Waals surface area contributed by atoms with Gasteiger partial charge in [-0.15, -0.1) is 0 Å². The van der Waals surface area contributed by atoms with Crippen molar-refractivity contribution in [3.05, 3.63) is 11.6 Å². The fourth-order valence-electron chi connectivity index (χ4n) is 4.32. The van der Waals surface area contributed by atoms with E-state index in [0.29, 0.717) is 6.42 Å². The number of methoxy groups -OCH3 is 1. The second kappa shape index (κ2) is 6.43. The number of epoxide rings is 2. The van der Waals surface area contributed by atoms with Crippen LogP contribution in [0.25, 0.3) is 0 Å². The third-order valence-corrected chi connectivity index (χ3v) is 5.81. The van der Waals surface area contributed by atoms with E-state index in [1.54, 1.807) is 7.11 Å². The van der Waals surface area contributed by atoms with Gasteiger partial charge in [-0.3, -0.25) is 4.79 Å². The molecule has 3 fully saturated rings. The predicted octanol–water partition coefficient (Wildman–Crippen LogP) is 3.02. The number of carbonyl (C=O) groups excluding carboxylic acids is 1. The molecular formula is C19H30O5. The molecule has 1 spiro atoms. The van der Waals surface area contributed by atoms with E-state index in [1.807, 2.05) is 6.92 Å². The standard InChI is InChI=1S/C19H30O5/c1-6-15(20)23-13-9-10-19(11-22-19)17(16(13)21-5)18(4)14(24-18)8-7-12(2)3/h7,13-14,16-17H,6,8-11H2,1-5H3/t13-,14-,16-,17-,18+,19+/m1/s1. The van der Waals surface area contributed by atoms with Gasteiger partial charge >= 0.3 is 5.97 Å². The summed E-state index contributed by atoms with van der Waals surface area (Å²) in [6.07, 6.45) is 4.97. The molecule has 1 aliphatic carbocycles. The van der Waals surface area contributed by atoms with E-state index < -0.39 is 0 Å². The second-order valence-electron chi connectivity index (χ2n) is 7.76. The van der Waals surface area contributed by atoms with Gasteiger partial charge in [-0.05, 0) is 40.0 Å². The molecule has 0 radical (unpaired) electrons. The molecule has 0 bridgehead atoms. The molecule has 0 N–H and O–H groups in total. The predicted molar refractivity (Wildman–Crippen MR) is 89.7 cm³/mol. The topological polar surface area (TPSA) is 60.6 Å². The Morgan fingerprint density at radius 3 is 2.62 bits per heavy atom. The van der Waals surface area contributed by atoms with E-state index in [0.717, 1.165) is 25.9 Å². The van der Waals surface area contributed by atoms with Crippen LogP contribution < -0.4 is 0 Å². The van der Waals surface area contributed by atoms with Crippen molar-refractivity contribution in [2.75, 3.05) is 13.7 Å². The van der Waals surface area contributed by atoms with Gasteiger partial charge in [0.25, 0.3) is 0 Å². The summed E-state index contributed by atoms with van der Waals surface area (Å²) in [6, 6.07) is 0. The molecule has 6 atom stereocenters. The summed E-state index contributed by atoms with van der Waals surface area (Å²) in [5.74, 6) is -0.0783. The van der Waals surface area contributed by atoms with Crippen LogP contribution in [-0.2, 0) is 23.7 Å². The van der Waals surface area contributed by atoms with Crippen LogP contribution in [0.4, 0.5) is 0 Å². The van der Waals surface area contributed by atoms with Crippen LogP contribution in [0.1, 0.15) is 53.4 Å². The van der Waals surface area contributed by atoms with E-state index in [-0.39, 0.29) is 41.4 Å². The number of esters is 1. The van der Waals surface area contributed by atoms with Gasteiger partial charge in [0.1, 0.15) is 23.4 Å². The van der Waals surface area contributed by atoms with Crippen molar-refractivity contribution in [1.29, 1.82) is 0 Å². The zero-order valence-electron chi connectivity index (χ0n) is 15.5. The summed E-state index contributed by atoms with van der Waals surface area (Å²) in [5, 5.41) is 0. The minimum Gasteiger partial charge on any atom is -0.460 e. The Kier molecular flexibility index (Phi) is 4.80. The zero-order valence-corrected chi connectivity index (χ0v) is 15.5. The zero-order chi connectivity index (χ0) is 17.5. The molecule has 3 rings (SSSR count). The van der Waals surface area contributed by atoms with E-state index in [2.05, 4.69) is 26.8 Å². The molecule has 24 heavy (non-hydrogen) atoms. The minimum absolute atomic E-state index is 0.0916. The highest BCUT2D eigenvalue weighted by atomic mass is 16.6. The first-order valence-corrected chi connectivity index (χ1v) is 9.03. The van der Waals surface area contributed by atoms with E-state index in [4.69, 9.17) is 18.9 Å². The van der Waals surface area contributed by atoms with Crippen LogP contribution in [0.15, 0.2) is 11.6 Å². The van der Waals surface area contributed by atoms with Crippen molar-refractivity contribution in [3.8, 4) is 0 Å². The number of hydrogen-bond donors (Lipinski definition) is 0. The van der Waals surface area contributed by atoms with Crippen molar-refractivity contribution in [2.45, 2.75) is 82.9 Å².